The molecule has 1 aromatic heterocycles. The van der Waals surface area contributed by atoms with Crippen molar-refractivity contribution < 1.29 is 4.74 Å². The molecule has 0 spiro atoms. The maximum Gasteiger partial charge on any atom is 0.191 e. The molecule has 114 valence electrons. The highest BCUT2D eigenvalue weighted by atomic mass is 127. The molecule has 0 bridgehead atoms. The van der Waals surface area contributed by atoms with Crippen molar-refractivity contribution in [3.63, 3.8) is 0 Å². The Kier molecular flexibility index (Phi) is 10.1. The van der Waals surface area contributed by atoms with Crippen LogP contribution in [0.2, 0.25) is 0 Å². The van der Waals surface area contributed by atoms with E-state index in [0.29, 0.717) is 13.2 Å². The molecule has 0 atom stereocenters. The quantitative estimate of drug-likeness (QED) is 0.328. The zero-order valence-electron chi connectivity index (χ0n) is 12.5. The maximum atomic E-state index is 4.98. The number of hydrogen-bond acceptors (Lipinski definition) is 4. The fourth-order valence-corrected chi connectivity index (χ4v) is 1.49. The van der Waals surface area contributed by atoms with Gasteiger partial charge in [-0.3, -0.25) is 4.99 Å². The molecule has 0 amide bonds. The largest absolute Gasteiger partial charge is 0.383 e. The molecule has 1 rings (SSSR count). The number of nitrogens with zero attached hydrogens (tertiary/aromatic N) is 3. The molecule has 0 aliphatic heterocycles. The lowest BCUT2D eigenvalue weighted by Crippen LogP contribution is -2.38. The van der Waals surface area contributed by atoms with Crippen LogP contribution in [-0.4, -0.2) is 52.3 Å². The Morgan fingerprint density at radius 2 is 2.15 bits per heavy atom. The maximum absolute atomic E-state index is 4.98. The minimum absolute atomic E-state index is 0. The minimum atomic E-state index is 0. The van der Waals surface area contributed by atoms with Gasteiger partial charge < -0.3 is 20.3 Å². The summed E-state index contributed by atoms with van der Waals surface area (Å²) < 4.78 is 4.98. The van der Waals surface area contributed by atoms with Crippen molar-refractivity contribution in [2.45, 2.75) is 6.54 Å². The molecular formula is C13H24IN5O. The Hall–Kier alpha value is -1.09. The van der Waals surface area contributed by atoms with Gasteiger partial charge >= 0.3 is 0 Å². The molecule has 0 aliphatic carbocycles. The van der Waals surface area contributed by atoms with Crippen molar-refractivity contribution in [2.75, 3.05) is 46.3 Å². The third kappa shape index (κ3) is 6.90. The Morgan fingerprint density at radius 1 is 1.40 bits per heavy atom. The minimum Gasteiger partial charge on any atom is -0.383 e. The topological polar surface area (TPSA) is 61.8 Å². The van der Waals surface area contributed by atoms with Crippen LogP contribution >= 0.6 is 24.0 Å². The van der Waals surface area contributed by atoms with E-state index in [1.165, 1.54) is 0 Å². The van der Waals surface area contributed by atoms with Crippen LogP contribution < -0.4 is 15.5 Å². The number of nitrogens with one attached hydrogen (secondary N) is 2. The summed E-state index contributed by atoms with van der Waals surface area (Å²) in [5.74, 6) is 1.71. The Bertz CT molecular complexity index is 412. The van der Waals surface area contributed by atoms with Crippen molar-refractivity contribution in [3.8, 4) is 0 Å². The van der Waals surface area contributed by atoms with Crippen molar-refractivity contribution in [3.05, 3.63) is 23.9 Å². The number of rotatable bonds is 6. The SMILES string of the molecule is CN=C(NCCOC)NCc1ccnc(N(C)C)c1.I. The highest BCUT2D eigenvalue weighted by molar-refractivity contribution is 14.0. The predicted octanol–water partition coefficient (Wildman–Crippen LogP) is 1.08. The molecule has 0 radical (unpaired) electrons. The van der Waals surface area contributed by atoms with E-state index in [9.17, 15) is 0 Å². The van der Waals surface area contributed by atoms with Gasteiger partial charge in [0.15, 0.2) is 5.96 Å². The first kappa shape index (κ1) is 18.9. The molecule has 6 nitrogen and oxygen atoms in total. The second kappa shape index (κ2) is 10.7. The molecule has 0 unspecified atom stereocenters. The van der Waals surface area contributed by atoms with E-state index in [4.69, 9.17) is 4.74 Å². The fraction of sp³-hybridized carbons (Fsp3) is 0.538. The lowest BCUT2D eigenvalue weighted by atomic mass is 10.2. The zero-order chi connectivity index (χ0) is 14.1. The average Bonchev–Trinajstić information content (AvgIpc) is 2.43. The summed E-state index contributed by atoms with van der Waals surface area (Å²) in [5, 5.41) is 6.41. The van der Waals surface area contributed by atoms with E-state index < -0.39 is 0 Å². The van der Waals surface area contributed by atoms with Crippen molar-refractivity contribution in [1.29, 1.82) is 0 Å². The van der Waals surface area contributed by atoms with Crippen LogP contribution in [0.15, 0.2) is 23.3 Å². The normalized spacial score (nSPS) is 10.7. The third-order valence-electron chi connectivity index (χ3n) is 2.55. The van der Waals surface area contributed by atoms with Crippen LogP contribution in [0.3, 0.4) is 0 Å². The number of guanidine groups is 1. The number of ether oxygens (including phenoxy) is 1. The molecule has 20 heavy (non-hydrogen) atoms. The first-order valence-corrected chi connectivity index (χ1v) is 6.23. The Labute approximate surface area is 138 Å². The van der Waals surface area contributed by atoms with E-state index in [0.717, 1.165) is 23.9 Å². The Morgan fingerprint density at radius 3 is 2.75 bits per heavy atom. The van der Waals surface area contributed by atoms with Gasteiger partial charge in [0.1, 0.15) is 5.82 Å². The monoisotopic (exact) mass is 393 g/mol. The summed E-state index contributed by atoms with van der Waals surface area (Å²) in [7, 11) is 7.38. The smallest absolute Gasteiger partial charge is 0.191 e. The first-order chi connectivity index (χ1) is 9.17. The number of halogens is 1. The molecule has 2 N–H and O–H groups in total. The standard InChI is InChI=1S/C13H23N5O.HI/c1-14-13(16-7-8-19-4)17-10-11-5-6-15-12(9-11)18(2)3;/h5-6,9H,7-8,10H2,1-4H3,(H2,14,16,17);1H. The van der Waals surface area contributed by atoms with Crippen molar-refractivity contribution >= 4 is 35.8 Å². The summed E-state index contributed by atoms with van der Waals surface area (Å²) in [6.07, 6.45) is 1.81. The summed E-state index contributed by atoms with van der Waals surface area (Å²) >= 11 is 0. The van der Waals surface area contributed by atoms with Crippen LogP contribution in [0.4, 0.5) is 5.82 Å². The van der Waals surface area contributed by atoms with Gasteiger partial charge in [0.05, 0.1) is 6.61 Å². The highest BCUT2D eigenvalue weighted by Crippen LogP contribution is 2.08. The second-order valence-electron chi connectivity index (χ2n) is 4.26. The van der Waals surface area contributed by atoms with E-state index in [2.05, 4.69) is 26.7 Å². The molecule has 0 saturated carbocycles. The van der Waals surface area contributed by atoms with Crippen LogP contribution in [0.5, 0.6) is 0 Å². The van der Waals surface area contributed by atoms with Gasteiger partial charge in [-0.05, 0) is 17.7 Å². The molecule has 1 aromatic rings. The summed E-state index contributed by atoms with van der Waals surface area (Å²) in [6.45, 7) is 2.09. The van der Waals surface area contributed by atoms with E-state index in [-0.39, 0.29) is 24.0 Å². The summed E-state index contributed by atoms with van der Waals surface area (Å²) in [5.41, 5.74) is 1.16. The van der Waals surface area contributed by atoms with Gasteiger partial charge in [-0.1, -0.05) is 0 Å². The van der Waals surface area contributed by atoms with Crippen LogP contribution in [0, 0.1) is 0 Å². The molecule has 0 fully saturated rings. The van der Waals surface area contributed by atoms with Gasteiger partial charge in [-0.2, -0.15) is 0 Å². The van der Waals surface area contributed by atoms with E-state index >= 15 is 0 Å². The number of methoxy groups -OCH3 is 1. The number of anilines is 1. The summed E-state index contributed by atoms with van der Waals surface area (Å²) in [6, 6.07) is 4.04. The highest BCUT2D eigenvalue weighted by Gasteiger charge is 2.01. The van der Waals surface area contributed by atoms with Gasteiger partial charge in [-0.15, -0.1) is 24.0 Å². The van der Waals surface area contributed by atoms with E-state index in [1.54, 1.807) is 14.2 Å². The lowest BCUT2D eigenvalue weighted by Gasteiger charge is -2.14. The fourth-order valence-electron chi connectivity index (χ4n) is 1.49. The molecule has 0 aromatic carbocycles. The van der Waals surface area contributed by atoms with Crippen LogP contribution in [0.1, 0.15) is 5.56 Å². The molecular weight excluding hydrogens is 369 g/mol. The van der Waals surface area contributed by atoms with Gasteiger partial charge in [0.2, 0.25) is 0 Å². The number of hydrogen-bond donors (Lipinski definition) is 2. The number of aliphatic imine (C=N–C) groups is 1. The second-order valence-corrected chi connectivity index (χ2v) is 4.26. The molecule has 7 heteroatoms. The lowest BCUT2D eigenvalue weighted by molar-refractivity contribution is 0.203. The van der Waals surface area contributed by atoms with Gasteiger partial charge in [0, 0.05) is 47.5 Å². The summed E-state index contributed by atoms with van der Waals surface area (Å²) in [4.78, 5) is 10.4. The van der Waals surface area contributed by atoms with Crippen molar-refractivity contribution in [1.82, 2.24) is 15.6 Å². The number of aromatic nitrogens is 1. The first-order valence-electron chi connectivity index (χ1n) is 6.23. The van der Waals surface area contributed by atoms with E-state index in [1.807, 2.05) is 31.3 Å². The van der Waals surface area contributed by atoms with Crippen molar-refractivity contribution in [2.24, 2.45) is 4.99 Å². The molecule has 0 saturated heterocycles. The Balaban J connectivity index is 0.00000361. The zero-order valence-corrected chi connectivity index (χ0v) is 14.8. The molecule has 0 aliphatic rings. The molecule has 1 heterocycles. The van der Waals surface area contributed by atoms with Gasteiger partial charge in [0.25, 0.3) is 0 Å². The average molecular weight is 393 g/mol. The van der Waals surface area contributed by atoms with Gasteiger partial charge in [-0.25, -0.2) is 4.98 Å². The van der Waals surface area contributed by atoms with Crippen LogP contribution in [-0.2, 0) is 11.3 Å². The van der Waals surface area contributed by atoms with Crippen LogP contribution in [0.25, 0.3) is 0 Å². The number of pyridine rings is 1. The predicted molar refractivity (Wildman–Crippen MR) is 94.1 cm³/mol. The third-order valence-corrected chi connectivity index (χ3v) is 2.55.